The van der Waals surface area contributed by atoms with Crippen molar-refractivity contribution in [2.24, 2.45) is 0 Å². The summed E-state index contributed by atoms with van der Waals surface area (Å²) in [6.07, 6.45) is 0. The van der Waals surface area contributed by atoms with Gasteiger partial charge in [0.15, 0.2) is 0 Å². The number of phenols is 1. The summed E-state index contributed by atoms with van der Waals surface area (Å²) in [6.45, 7) is 0. The molecule has 3 nitrogen and oxygen atoms in total. The van der Waals surface area contributed by atoms with Crippen LogP contribution in [0.4, 0.5) is 0 Å². The Balaban J connectivity index is 2.54. The van der Waals surface area contributed by atoms with Crippen molar-refractivity contribution < 1.29 is 14.6 Å². The van der Waals surface area contributed by atoms with Gasteiger partial charge in [0.1, 0.15) is 5.75 Å². The molecule has 19 heavy (non-hydrogen) atoms. The van der Waals surface area contributed by atoms with Crippen LogP contribution in [0.1, 0.15) is 10.4 Å². The van der Waals surface area contributed by atoms with Crippen LogP contribution in [0.5, 0.6) is 5.75 Å². The highest BCUT2D eigenvalue weighted by Crippen LogP contribution is 2.30. The lowest BCUT2D eigenvalue weighted by Gasteiger charge is -2.07. The number of esters is 1. The summed E-state index contributed by atoms with van der Waals surface area (Å²) < 4.78 is 4.66. The third kappa shape index (κ3) is 3.00. The Labute approximate surface area is 120 Å². The fourth-order valence-corrected chi connectivity index (χ4v) is 2.14. The molecule has 0 amide bonds. The van der Waals surface area contributed by atoms with Gasteiger partial charge in [0.05, 0.1) is 17.7 Å². The van der Waals surface area contributed by atoms with E-state index in [9.17, 15) is 9.90 Å². The average molecular weight is 297 g/mol. The molecular formula is C14H10Cl2O3. The van der Waals surface area contributed by atoms with Crippen LogP contribution < -0.4 is 0 Å². The Bertz CT molecular complexity index is 618. The topological polar surface area (TPSA) is 46.5 Å². The number of halogens is 2. The molecule has 2 aromatic carbocycles. The fraction of sp³-hybridized carbons (Fsp3) is 0.0714. The normalized spacial score (nSPS) is 10.3. The minimum atomic E-state index is -0.516. The van der Waals surface area contributed by atoms with Gasteiger partial charge in [-0.15, -0.1) is 0 Å². The molecular weight excluding hydrogens is 287 g/mol. The van der Waals surface area contributed by atoms with Crippen LogP contribution in [0.3, 0.4) is 0 Å². The SMILES string of the molecule is COC(=O)c1cc(-c2cc(O)cc(Cl)c2)ccc1Cl. The average Bonchev–Trinajstić information content (AvgIpc) is 2.37. The van der Waals surface area contributed by atoms with Crippen molar-refractivity contribution in [3.8, 4) is 16.9 Å². The number of ether oxygens (including phenoxy) is 1. The second-order valence-corrected chi connectivity index (χ2v) is 4.73. The number of hydrogen-bond donors (Lipinski definition) is 1. The number of carbonyl (C=O) groups excluding carboxylic acids is 1. The van der Waals surface area contributed by atoms with E-state index < -0.39 is 5.97 Å². The zero-order valence-corrected chi connectivity index (χ0v) is 11.5. The van der Waals surface area contributed by atoms with Crippen LogP contribution in [0.25, 0.3) is 11.1 Å². The first kappa shape index (κ1) is 13.7. The van der Waals surface area contributed by atoms with Crippen molar-refractivity contribution in [1.82, 2.24) is 0 Å². The Morgan fingerprint density at radius 3 is 2.47 bits per heavy atom. The van der Waals surface area contributed by atoms with Gasteiger partial charge in [0.2, 0.25) is 0 Å². The van der Waals surface area contributed by atoms with Gasteiger partial charge in [-0.05, 0) is 41.5 Å². The number of aromatic hydroxyl groups is 1. The quantitative estimate of drug-likeness (QED) is 0.847. The summed E-state index contributed by atoms with van der Waals surface area (Å²) in [5.41, 5.74) is 1.66. The number of rotatable bonds is 2. The first-order valence-corrected chi connectivity index (χ1v) is 6.14. The summed E-state index contributed by atoms with van der Waals surface area (Å²) in [6, 6.07) is 9.60. The van der Waals surface area contributed by atoms with E-state index in [1.165, 1.54) is 13.2 Å². The fourth-order valence-electron chi connectivity index (χ4n) is 1.71. The number of phenolic OH excluding ortho intramolecular Hbond substituents is 1. The minimum Gasteiger partial charge on any atom is -0.508 e. The maximum absolute atomic E-state index is 11.6. The molecule has 0 saturated carbocycles. The molecule has 0 fully saturated rings. The standard InChI is InChI=1S/C14H10Cl2O3/c1-19-14(18)12-6-8(2-3-13(12)16)9-4-10(15)7-11(17)5-9/h2-7,17H,1H3. The molecule has 0 saturated heterocycles. The molecule has 0 spiro atoms. The van der Waals surface area contributed by atoms with Gasteiger partial charge >= 0.3 is 5.97 Å². The number of hydrogen-bond acceptors (Lipinski definition) is 3. The maximum Gasteiger partial charge on any atom is 0.339 e. The largest absolute Gasteiger partial charge is 0.508 e. The second kappa shape index (κ2) is 5.51. The van der Waals surface area contributed by atoms with Gasteiger partial charge in [-0.1, -0.05) is 29.3 Å². The van der Waals surface area contributed by atoms with E-state index >= 15 is 0 Å². The lowest BCUT2D eigenvalue weighted by Crippen LogP contribution is -2.02. The highest BCUT2D eigenvalue weighted by atomic mass is 35.5. The van der Waals surface area contributed by atoms with Gasteiger partial charge in [0, 0.05) is 5.02 Å². The number of benzene rings is 2. The minimum absolute atomic E-state index is 0.0528. The molecule has 0 atom stereocenters. The zero-order chi connectivity index (χ0) is 14.0. The molecule has 0 aliphatic heterocycles. The Morgan fingerprint density at radius 1 is 1.11 bits per heavy atom. The first-order chi connectivity index (χ1) is 9.01. The molecule has 0 heterocycles. The molecule has 1 N–H and O–H groups in total. The van der Waals surface area contributed by atoms with Crippen LogP contribution in [-0.4, -0.2) is 18.2 Å². The van der Waals surface area contributed by atoms with Crippen LogP contribution in [0.2, 0.25) is 10.0 Å². The molecule has 0 radical (unpaired) electrons. The lowest BCUT2D eigenvalue weighted by atomic mass is 10.0. The molecule has 2 aromatic rings. The van der Waals surface area contributed by atoms with Gasteiger partial charge in [0.25, 0.3) is 0 Å². The van der Waals surface area contributed by atoms with Crippen LogP contribution in [0, 0.1) is 0 Å². The summed E-state index contributed by atoms with van der Waals surface area (Å²) in [5.74, 6) is -0.463. The summed E-state index contributed by atoms with van der Waals surface area (Å²) in [5, 5.41) is 10.2. The van der Waals surface area contributed by atoms with Crippen LogP contribution >= 0.6 is 23.2 Å². The molecule has 0 aromatic heterocycles. The molecule has 0 unspecified atom stereocenters. The van der Waals surface area contributed by atoms with Crippen molar-refractivity contribution >= 4 is 29.2 Å². The maximum atomic E-state index is 11.6. The highest BCUT2D eigenvalue weighted by Gasteiger charge is 2.12. The molecule has 0 aliphatic rings. The molecule has 0 aliphatic carbocycles. The van der Waals surface area contributed by atoms with E-state index in [0.29, 0.717) is 21.2 Å². The van der Waals surface area contributed by atoms with Crippen molar-refractivity contribution in [3.63, 3.8) is 0 Å². The van der Waals surface area contributed by atoms with E-state index in [4.69, 9.17) is 23.2 Å². The van der Waals surface area contributed by atoms with E-state index in [0.717, 1.165) is 0 Å². The Kier molecular flexibility index (Phi) is 3.98. The predicted molar refractivity (Wildman–Crippen MR) is 74.9 cm³/mol. The predicted octanol–water partition coefficient (Wildman–Crippen LogP) is 4.15. The molecule has 5 heteroatoms. The van der Waals surface area contributed by atoms with E-state index in [1.807, 2.05) is 0 Å². The Hall–Kier alpha value is -1.71. The van der Waals surface area contributed by atoms with Gasteiger partial charge in [-0.25, -0.2) is 4.79 Å². The number of carbonyl (C=O) groups is 1. The third-order valence-electron chi connectivity index (χ3n) is 2.59. The van der Waals surface area contributed by atoms with Crippen molar-refractivity contribution in [2.45, 2.75) is 0 Å². The van der Waals surface area contributed by atoms with Crippen molar-refractivity contribution in [3.05, 3.63) is 52.0 Å². The third-order valence-corrected chi connectivity index (χ3v) is 3.14. The first-order valence-electron chi connectivity index (χ1n) is 5.39. The van der Waals surface area contributed by atoms with Crippen molar-refractivity contribution in [2.75, 3.05) is 7.11 Å². The zero-order valence-electron chi connectivity index (χ0n) is 9.98. The second-order valence-electron chi connectivity index (χ2n) is 3.88. The van der Waals surface area contributed by atoms with E-state index in [1.54, 1.807) is 30.3 Å². The smallest absolute Gasteiger partial charge is 0.339 e. The monoisotopic (exact) mass is 296 g/mol. The van der Waals surface area contributed by atoms with Crippen LogP contribution in [-0.2, 0) is 4.74 Å². The summed E-state index contributed by atoms with van der Waals surface area (Å²) >= 11 is 11.8. The van der Waals surface area contributed by atoms with Crippen molar-refractivity contribution in [1.29, 1.82) is 0 Å². The molecule has 2 rings (SSSR count). The van der Waals surface area contributed by atoms with Gasteiger partial charge in [-0.2, -0.15) is 0 Å². The number of methoxy groups -OCH3 is 1. The summed E-state index contributed by atoms with van der Waals surface area (Å²) in [7, 11) is 1.29. The molecule has 98 valence electrons. The van der Waals surface area contributed by atoms with Gasteiger partial charge < -0.3 is 9.84 Å². The summed E-state index contributed by atoms with van der Waals surface area (Å²) in [4.78, 5) is 11.6. The molecule has 0 bridgehead atoms. The highest BCUT2D eigenvalue weighted by molar-refractivity contribution is 6.33. The van der Waals surface area contributed by atoms with E-state index in [2.05, 4.69) is 4.74 Å². The lowest BCUT2D eigenvalue weighted by molar-refractivity contribution is 0.0601. The van der Waals surface area contributed by atoms with E-state index in [-0.39, 0.29) is 11.3 Å². The van der Waals surface area contributed by atoms with Gasteiger partial charge in [-0.3, -0.25) is 0 Å². The Morgan fingerprint density at radius 2 is 1.84 bits per heavy atom. The van der Waals surface area contributed by atoms with Crippen LogP contribution in [0.15, 0.2) is 36.4 Å².